The summed E-state index contributed by atoms with van der Waals surface area (Å²) in [5.41, 5.74) is 1.08. The Bertz CT molecular complexity index is 1230. The van der Waals surface area contributed by atoms with E-state index in [4.69, 9.17) is 16.6 Å². The molecule has 3 heterocycles. The van der Waals surface area contributed by atoms with Gasteiger partial charge in [0.1, 0.15) is 11.5 Å². The van der Waals surface area contributed by atoms with Crippen molar-refractivity contribution in [3.05, 3.63) is 53.1 Å². The molecule has 1 saturated heterocycles. The molecule has 1 fully saturated rings. The minimum Gasteiger partial charge on any atom is -0.356 e. The number of hydrogen-bond acceptors (Lipinski definition) is 4. The first-order valence-electron chi connectivity index (χ1n) is 9.19. The van der Waals surface area contributed by atoms with E-state index >= 15 is 0 Å². The van der Waals surface area contributed by atoms with Crippen molar-refractivity contribution in [1.82, 2.24) is 19.8 Å². The number of benzene rings is 2. The first-order chi connectivity index (χ1) is 13.9. The number of rotatable bonds is 2. The Morgan fingerprint density at radius 3 is 2.55 bits per heavy atom. The van der Waals surface area contributed by atoms with Crippen LogP contribution in [0, 0.1) is 0 Å². The molecule has 0 bridgehead atoms. The third-order valence-corrected chi connectivity index (χ3v) is 5.39. The zero-order valence-electron chi connectivity index (χ0n) is 15.1. The third kappa shape index (κ3) is 3.07. The van der Waals surface area contributed by atoms with Gasteiger partial charge in [-0.1, -0.05) is 28.9 Å². The molecule has 1 aliphatic rings. The predicted molar refractivity (Wildman–Crippen MR) is 105 cm³/mol. The summed E-state index contributed by atoms with van der Waals surface area (Å²) in [7, 11) is 0. The summed E-state index contributed by atoms with van der Waals surface area (Å²) in [5.74, 6) is 0.753. The van der Waals surface area contributed by atoms with Crippen molar-refractivity contribution in [2.75, 3.05) is 18.0 Å². The van der Waals surface area contributed by atoms with Gasteiger partial charge in [0.2, 0.25) is 0 Å². The van der Waals surface area contributed by atoms with Crippen molar-refractivity contribution in [2.24, 2.45) is 0 Å². The highest BCUT2D eigenvalue weighted by atomic mass is 35.5. The maximum Gasteiger partial charge on any atom is 0.416 e. The van der Waals surface area contributed by atoms with E-state index in [1.807, 2.05) is 12.1 Å². The second kappa shape index (κ2) is 6.59. The summed E-state index contributed by atoms with van der Waals surface area (Å²) in [6.45, 7) is 1.73. The molecule has 2 aromatic carbocycles. The number of aromatic nitrogens is 4. The zero-order chi connectivity index (χ0) is 20.2. The molecule has 0 radical (unpaired) electrons. The molecule has 9 heteroatoms. The van der Waals surface area contributed by atoms with Gasteiger partial charge in [0.25, 0.3) is 0 Å². The van der Waals surface area contributed by atoms with Crippen LogP contribution in [0.5, 0.6) is 0 Å². The van der Waals surface area contributed by atoms with Crippen LogP contribution in [0.25, 0.3) is 27.8 Å². The summed E-state index contributed by atoms with van der Waals surface area (Å²) >= 11 is 6.21. The van der Waals surface area contributed by atoms with Crippen molar-refractivity contribution in [3.8, 4) is 11.3 Å². The Balaban J connectivity index is 1.77. The first-order valence-corrected chi connectivity index (χ1v) is 9.57. The molecule has 0 saturated carbocycles. The van der Waals surface area contributed by atoms with Crippen LogP contribution < -0.4 is 4.90 Å². The topological polar surface area (TPSA) is 46.3 Å². The Hall–Kier alpha value is -2.87. The van der Waals surface area contributed by atoms with Crippen LogP contribution in [-0.4, -0.2) is 32.9 Å². The van der Waals surface area contributed by atoms with Crippen LogP contribution in [0.15, 0.2) is 42.5 Å². The minimum absolute atomic E-state index is 0.313. The standard InChI is InChI=1S/C20H15ClF3N5/c21-14-6-7-16-15(11-14)18(28-8-1-2-9-28)25-19-17(26-27-29(16)19)12-4-3-5-13(10-12)20(22,23)24/h3-7,10-11H,1-2,8-9H2. The lowest BCUT2D eigenvalue weighted by molar-refractivity contribution is -0.137. The van der Waals surface area contributed by atoms with Crippen LogP contribution >= 0.6 is 11.6 Å². The van der Waals surface area contributed by atoms with E-state index in [0.717, 1.165) is 54.8 Å². The molecule has 5 nitrogen and oxygen atoms in total. The van der Waals surface area contributed by atoms with Gasteiger partial charge in [0.05, 0.1) is 11.1 Å². The monoisotopic (exact) mass is 417 g/mol. The molecule has 0 spiro atoms. The minimum atomic E-state index is -4.43. The van der Waals surface area contributed by atoms with Crippen molar-refractivity contribution in [1.29, 1.82) is 0 Å². The maximum atomic E-state index is 13.2. The molecule has 0 atom stereocenters. The van der Waals surface area contributed by atoms with Crippen LogP contribution in [0.3, 0.4) is 0 Å². The molecule has 29 heavy (non-hydrogen) atoms. The number of anilines is 1. The van der Waals surface area contributed by atoms with Crippen molar-refractivity contribution >= 4 is 34.0 Å². The van der Waals surface area contributed by atoms with Gasteiger partial charge in [-0.15, -0.1) is 5.10 Å². The molecular formula is C20H15ClF3N5. The number of hydrogen-bond donors (Lipinski definition) is 0. The van der Waals surface area contributed by atoms with Gasteiger partial charge >= 0.3 is 6.18 Å². The van der Waals surface area contributed by atoms with E-state index in [2.05, 4.69) is 15.2 Å². The highest BCUT2D eigenvalue weighted by Crippen LogP contribution is 2.35. The van der Waals surface area contributed by atoms with Gasteiger partial charge < -0.3 is 4.90 Å². The fourth-order valence-corrected chi connectivity index (χ4v) is 3.94. The van der Waals surface area contributed by atoms with Gasteiger partial charge in [0, 0.05) is 29.1 Å². The lowest BCUT2D eigenvalue weighted by Gasteiger charge is -2.19. The van der Waals surface area contributed by atoms with E-state index in [-0.39, 0.29) is 0 Å². The molecule has 5 rings (SSSR count). The lowest BCUT2D eigenvalue weighted by Crippen LogP contribution is -2.20. The second-order valence-corrected chi connectivity index (χ2v) is 7.48. The third-order valence-electron chi connectivity index (χ3n) is 5.16. The van der Waals surface area contributed by atoms with Crippen LogP contribution in [0.4, 0.5) is 19.0 Å². The van der Waals surface area contributed by atoms with Crippen LogP contribution in [0.1, 0.15) is 18.4 Å². The molecule has 0 N–H and O–H groups in total. The van der Waals surface area contributed by atoms with Crippen molar-refractivity contribution in [3.63, 3.8) is 0 Å². The zero-order valence-corrected chi connectivity index (χ0v) is 15.9. The summed E-state index contributed by atoms with van der Waals surface area (Å²) < 4.78 is 41.0. The number of fused-ring (bicyclic) bond motifs is 3. The Morgan fingerprint density at radius 1 is 1.00 bits per heavy atom. The average Bonchev–Trinajstić information content (AvgIpc) is 3.36. The number of halogens is 4. The molecule has 4 aromatic rings. The van der Waals surface area contributed by atoms with Crippen LogP contribution in [0.2, 0.25) is 5.02 Å². The van der Waals surface area contributed by atoms with E-state index in [1.165, 1.54) is 6.07 Å². The molecule has 148 valence electrons. The molecule has 1 aliphatic heterocycles. The summed E-state index contributed by atoms with van der Waals surface area (Å²) in [5, 5.41) is 9.76. The average molecular weight is 418 g/mol. The molecule has 0 unspecified atom stereocenters. The van der Waals surface area contributed by atoms with Gasteiger partial charge in [-0.3, -0.25) is 0 Å². The molecule has 2 aromatic heterocycles. The van der Waals surface area contributed by atoms with Gasteiger partial charge in [-0.25, -0.2) is 4.98 Å². The second-order valence-electron chi connectivity index (χ2n) is 7.04. The van der Waals surface area contributed by atoms with Crippen molar-refractivity contribution in [2.45, 2.75) is 19.0 Å². The van der Waals surface area contributed by atoms with Gasteiger partial charge in [-0.2, -0.15) is 17.7 Å². The molecule has 0 aliphatic carbocycles. The highest BCUT2D eigenvalue weighted by Gasteiger charge is 2.31. The normalized spacial score (nSPS) is 15.0. The van der Waals surface area contributed by atoms with Gasteiger partial charge in [-0.05, 0) is 43.2 Å². The van der Waals surface area contributed by atoms with Crippen LogP contribution in [-0.2, 0) is 6.18 Å². The summed E-state index contributed by atoms with van der Waals surface area (Å²) in [6.07, 6.45) is -2.31. The smallest absolute Gasteiger partial charge is 0.356 e. The fourth-order valence-electron chi connectivity index (χ4n) is 3.77. The Labute approximate surface area is 168 Å². The Kier molecular flexibility index (Phi) is 4.13. The fraction of sp³-hybridized carbons (Fsp3) is 0.250. The van der Waals surface area contributed by atoms with E-state index in [1.54, 1.807) is 16.6 Å². The maximum absolute atomic E-state index is 13.2. The van der Waals surface area contributed by atoms with E-state index < -0.39 is 11.7 Å². The van der Waals surface area contributed by atoms with E-state index in [9.17, 15) is 13.2 Å². The first kappa shape index (κ1) is 18.2. The number of nitrogens with zero attached hydrogens (tertiary/aromatic N) is 5. The van der Waals surface area contributed by atoms with Crippen molar-refractivity contribution < 1.29 is 13.2 Å². The lowest BCUT2D eigenvalue weighted by atomic mass is 10.1. The predicted octanol–water partition coefficient (Wildman–Crippen LogP) is 5.22. The highest BCUT2D eigenvalue weighted by molar-refractivity contribution is 6.31. The Morgan fingerprint density at radius 2 is 1.79 bits per heavy atom. The quantitative estimate of drug-likeness (QED) is 0.449. The number of alkyl halides is 3. The largest absolute Gasteiger partial charge is 0.416 e. The van der Waals surface area contributed by atoms with Gasteiger partial charge in [0.15, 0.2) is 5.65 Å². The molecule has 0 amide bonds. The van der Waals surface area contributed by atoms with E-state index in [0.29, 0.717) is 21.9 Å². The summed E-state index contributed by atoms with van der Waals surface area (Å²) in [6, 6.07) is 10.5. The molecular weight excluding hydrogens is 403 g/mol. The SMILES string of the molecule is FC(F)(F)c1cccc(-c2nnn3c2nc(N2CCCC2)c2cc(Cl)ccc23)c1. The summed E-state index contributed by atoms with van der Waals surface area (Å²) in [4.78, 5) is 6.95.